The molecule has 0 unspecified atom stereocenters. The normalized spacial score (nSPS) is 10.4. The maximum absolute atomic E-state index is 13.0. The molecule has 4 aromatic rings. The van der Waals surface area contributed by atoms with E-state index >= 15 is 0 Å². The number of rotatable bonds is 3. The van der Waals surface area contributed by atoms with Gasteiger partial charge in [0.25, 0.3) is 5.91 Å². The van der Waals surface area contributed by atoms with Crippen molar-refractivity contribution in [2.45, 2.75) is 0 Å². The van der Waals surface area contributed by atoms with Gasteiger partial charge in [-0.25, -0.2) is 9.37 Å². The van der Waals surface area contributed by atoms with Crippen molar-refractivity contribution in [1.29, 1.82) is 0 Å². The van der Waals surface area contributed by atoms with Crippen LogP contribution in [0.15, 0.2) is 79.1 Å². The number of hydrogen-bond acceptors (Lipinski definition) is 4. The maximum atomic E-state index is 13.0. The number of carbonyl (C=O) groups excluding carboxylic acids is 1. The molecule has 0 aliphatic carbocycles. The molecule has 0 saturated heterocycles. The van der Waals surface area contributed by atoms with Crippen LogP contribution < -0.4 is 16.2 Å². The molecule has 4 rings (SSSR count). The highest BCUT2D eigenvalue weighted by Gasteiger charge is 2.14. The van der Waals surface area contributed by atoms with Crippen molar-refractivity contribution in [3.63, 3.8) is 0 Å². The lowest BCUT2D eigenvalue weighted by Crippen LogP contribution is -2.43. The van der Waals surface area contributed by atoms with Gasteiger partial charge < -0.3 is 5.32 Å². The Morgan fingerprint density at radius 1 is 0.933 bits per heavy atom. The Kier molecular flexibility index (Phi) is 5.58. The molecule has 8 heteroatoms. The number of pyridine rings is 2. The summed E-state index contributed by atoms with van der Waals surface area (Å²) in [6, 6.07) is 18.5. The minimum Gasteiger partial charge on any atom is -0.331 e. The van der Waals surface area contributed by atoms with E-state index in [2.05, 4.69) is 26.1 Å². The molecule has 2 aromatic heterocycles. The zero-order chi connectivity index (χ0) is 20.9. The molecule has 3 N–H and O–H groups in total. The van der Waals surface area contributed by atoms with Gasteiger partial charge in [-0.05, 0) is 60.7 Å². The van der Waals surface area contributed by atoms with Crippen molar-refractivity contribution >= 4 is 39.8 Å². The van der Waals surface area contributed by atoms with Gasteiger partial charge in [0.15, 0.2) is 5.11 Å². The molecule has 0 fully saturated rings. The van der Waals surface area contributed by atoms with Crippen LogP contribution in [0, 0.1) is 5.82 Å². The number of halogens is 1. The van der Waals surface area contributed by atoms with Crippen molar-refractivity contribution in [1.82, 2.24) is 20.8 Å². The first-order valence-corrected chi connectivity index (χ1v) is 9.44. The van der Waals surface area contributed by atoms with Crippen LogP contribution in [0.1, 0.15) is 10.4 Å². The molecule has 0 radical (unpaired) electrons. The molecule has 2 heterocycles. The molecule has 0 atom stereocenters. The lowest BCUT2D eigenvalue weighted by atomic mass is 10.0. The van der Waals surface area contributed by atoms with E-state index in [4.69, 9.17) is 12.2 Å². The average molecular weight is 417 g/mol. The third kappa shape index (κ3) is 4.39. The van der Waals surface area contributed by atoms with Gasteiger partial charge in [-0.2, -0.15) is 0 Å². The Bertz CT molecular complexity index is 1220. The first kappa shape index (κ1) is 19.4. The Labute approximate surface area is 177 Å². The summed E-state index contributed by atoms with van der Waals surface area (Å²) in [5.74, 6) is -0.713. The number of nitrogens with zero attached hydrogens (tertiary/aromatic N) is 2. The summed E-state index contributed by atoms with van der Waals surface area (Å²) in [6.45, 7) is 0. The van der Waals surface area contributed by atoms with E-state index < -0.39 is 0 Å². The molecule has 148 valence electrons. The van der Waals surface area contributed by atoms with Gasteiger partial charge in [0.2, 0.25) is 0 Å². The van der Waals surface area contributed by atoms with Crippen molar-refractivity contribution < 1.29 is 9.18 Å². The van der Waals surface area contributed by atoms with E-state index in [-0.39, 0.29) is 16.8 Å². The highest BCUT2D eigenvalue weighted by atomic mass is 32.1. The zero-order valence-corrected chi connectivity index (χ0v) is 16.4. The molecule has 30 heavy (non-hydrogen) atoms. The van der Waals surface area contributed by atoms with E-state index in [1.807, 2.05) is 36.4 Å². The number of hydrogen-bond donors (Lipinski definition) is 3. The quantitative estimate of drug-likeness (QED) is 0.345. The second kappa shape index (κ2) is 8.62. The number of para-hydroxylation sites is 1. The number of fused-ring (bicyclic) bond motifs is 1. The number of hydrazine groups is 1. The molecule has 2 aromatic carbocycles. The standard InChI is InChI=1S/C22H16FN5OS/c23-15-5-7-16(8-6-15)25-22(30)28-27-21(29)18-13-20(14-9-11-24-12-10-14)26-19-4-2-1-3-17(18)19/h1-13H,(H,27,29)(H2,25,28,30). The van der Waals surface area contributed by atoms with Gasteiger partial charge in [-0.1, -0.05) is 18.2 Å². The van der Waals surface area contributed by atoms with E-state index in [0.29, 0.717) is 27.8 Å². The van der Waals surface area contributed by atoms with E-state index in [1.54, 1.807) is 30.6 Å². The molecule has 0 spiro atoms. The number of thiocarbonyl (C=S) groups is 1. The van der Waals surface area contributed by atoms with Crippen molar-refractivity contribution in [3.05, 3.63) is 90.5 Å². The molecule has 0 saturated carbocycles. The summed E-state index contributed by atoms with van der Waals surface area (Å²) >= 11 is 5.19. The smallest absolute Gasteiger partial charge is 0.270 e. The highest BCUT2D eigenvalue weighted by Crippen LogP contribution is 2.24. The fraction of sp³-hybridized carbons (Fsp3) is 0. The molecule has 1 amide bonds. The topological polar surface area (TPSA) is 78.9 Å². The fourth-order valence-electron chi connectivity index (χ4n) is 2.91. The summed E-state index contributed by atoms with van der Waals surface area (Å²) in [7, 11) is 0. The number of anilines is 1. The summed E-state index contributed by atoms with van der Waals surface area (Å²) in [6.07, 6.45) is 3.35. The van der Waals surface area contributed by atoms with Crippen molar-refractivity contribution in [3.8, 4) is 11.3 Å². The summed E-state index contributed by atoms with van der Waals surface area (Å²) in [5, 5.41) is 3.75. The highest BCUT2D eigenvalue weighted by molar-refractivity contribution is 7.80. The predicted octanol–water partition coefficient (Wildman–Crippen LogP) is 4.07. The summed E-state index contributed by atoms with van der Waals surface area (Å²) < 4.78 is 13.0. The van der Waals surface area contributed by atoms with E-state index in [1.165, 1.54) is 12.1 Å². The van der Waals surface area contributed by atoms with Crippen molar-refractivity contribution in [2.24, 2.45) is 0 Å². The van der Waals surface area contributed by atoms with Gasteiger partial charge in [0, 0.05) is 29.0 Å². The first-order chi connectivity index (χ1) is 14.6. The second-order valence-corrected chi connectivity index (χ2v) is 6.76. The number of aromatic nitrogens is 2. The number of benzene rings is 2. The van der Waals surface area contributed by atoms with Crippen LogP contribution >= 0.6 is 12.2 Å². The van der Waals surface area contributed by atoms with Crippen molar-refractivity contribution in [2.75, 3.05) is 5.32 Å². The third-order valence-corrected chi connectivity index (χ3v) is 4.53. The third-order valence-electron chi connectivity index (χ3n) is 4.33. The monoisotopic (exact) mass is 417 g/mol. The summed E-state index contributed by atoms with van der Waals surface area (Å²) in [5.41, 5.74) is 8.51. The minimum absolute atomic E-state index is 0.169. The Morgan fingerprint density at radius 2 is 1.67 bits per heavy atom. The lowest BCUT2D eigenvalue weighted by molar-refractivity contribution is 0.0946. The van der Waals surface area contributed by atoms with E-state index in [0.717, 1.165) is 5.56 Å². The lowest BCUT2D eigenvalue weighted by Gasteiger charge is -2.13. The van der Waals surface area contributed by atoms with Gasteiger partial charge in [0.1, 0.15) is 5.82 Å². The van der Waals surface area contributed by atoms with E-state index in [9.17, 15) is 9.18 Å². The first-order valence-electron chi connectivity index (χ1n) is 9.03. The van der Waals surface area contributed by atoms with Gasteiger partial charge in [-0.3, -0.25) is 20.6 Å². The molecular formula is C22H16FN5OS. The van der Waals surface area contributed by atoms with Crippen LogP contribution in [0.3, 0.4) is 0 Å². The average Bonchev–Trinajstić information content (AvgIpc) is 2.79. The number of amides is 1. The Morgan fingerprint density at radius 3 is 2.43 bits per heavy atom. The Balaban J connectivity index is 1.55. The van der Waals surface area contributed by atoms with Gasteiger partial charge in [0.05, 0.1) is 16.8 Å². The number of nitrogens with one attached hydrogen (secondary N) is 3. The fourth-order valence-corrected chi connectivity index (χ4v) is 3.08. The number of carbonyl (C=O) groups is 1. The van der Waals surface area contributed by atoms with Crippen LogP contribution in [0.25, 0.3) is 22.2 Å². The predicted molar refractivity (Wildman–Crippen MR) is 118 cm³/mol. The van der Waals surface area contributed by atoms with Crippen LogP contribution in [0.5, 0.6) is 0 Å². The van der Waals surface area contributed by atoms with Crippen LogP contribution in [0.2, 0.25) is 0 Å². The van der Waals surface area contributed by atoms with Crippen LogP contribution in [0.4, 0.5) is 10.1 Å². The Hall–Kier alpha value is -3.91. The maximum Gasteiger partial charge on any atom is 0.270 e. The van der Waals surface area contributed by atoms with Gasteiger partial charge >= 0.3 is 0 Å². The molecule has 0 aliphatic heterocycles. The zero-order valence-electron chi connectivity index (χ0n) is 15.6. The minimum atomic E-state index is -0.368. The molecule has 0 aliphatic rings. The molecule has 0 bridgehead atoms. The SMILES string of the molecule is O=C(NNC(=S)Nc1ccc(F)cc1)c1cc(-c2ccncc2)nc2ccccc12. The van der Waals surface area contributed by atoms with Crippen LogP contribution in [-0.4, -0.2) is 21.0 Å². The largest absolute Gasteiger partial charge is 0.331 e. The summed E-state index contributed by atoms with van der Waals surface area (Å²) in [4.78, 5) is 21.6. The molecule has 6 nitrogen and oxygen atoms in total. The van der Waals surface area contributed by atoms with Crippen LogP contribution in [-0.2, 0) is 0 Å². The van der Waals surface area contributed by atoms with Gasteiger partial charge in [-0.15, -0.1) is 0 Å². The second-order valence-electron chi connectivity index (χ2n) is 6.35. The molecular weight excluding hydrogens is 401 g/mol.